The van der Waals surface area contributed by atoms with Crippen molar-refractivity contribution in [1.29, 1.82) is 0 Å². The van der Waals surface area contributed by atoms with E-state index in [-0.39, 0.29) is 18.9 Å². The van der Waals surface area contributed by atoms with Crippen LogP contribution < -0.4 is 5.32 Å². The Kier molecular flexibility index (Phi) is 55.2. The molecule has 1 heterocycles. The summed E-state index contributed by atoms with van der Waals surface area (Å²) in [5, 5.41) is 54.7. The normalized spacial score (nSPS) is 19.2. The van der Waals surface area contributed by atoms with Crippen LogP contribution in [0, 0.1) is 0 Å². The zero-order chi connectivity index (χ0) is 57.9. The molecule has 7 unspecified atom stereocenters. The summed E-state index contributed by atoms with van der Waals surface area (Å²) in [6, 6.07) is -0.839. The molecule has 1 aliphatic rings. The number of carbonyl (C=O) groups is 1. The van der Waals surface area contributed by atoms with E-state index in [1.165, 1.54) is 167 Å². The smallest absolute Gasteiger partial charge is 0.220 e. The molecule has 9 heteroatoms. The zero-order valence-corrected chi connectivity index (χ0v) is 51.3. The molecular weight excluding hydrogens is 995 g/mol. The summed E-state index contributed by atoms with van der Waals surface area (Å²) in [5.74, 6) is -0.220. The molecule has 0 aromatic rings. The van der Waals surface area contributed by atoms with Gasteiger partial charge in [0.25, 0.3) is 0 Å². The molecule has 1 rings (SSSR count). The predicted molar refractivity (Wildman–Crippen MR) is 341 cm³/mol. The highest BCUT2D eigenvalue weighted by Crippen LogP contribution is 2.23. The van der Waals surface area contributed by atoms with Crippen LogP contribution in [-0.2, 0) is 14.3 Å². The number of carbonyl (C=O) groups excluding carboxylic acids is 1. The largest absolute Gasteiger partial charge is 0.394 e. The van der Waals surface area contributed by atoms with E-state index in [0.29, 0.717) is 6.42 Å². The van der Waals surface area contributed by atoms with Crippen molar-refractivity contribution in [1.82, 2.24) is 5.32 Å². The second kappa shape index (κ2) is 59.0. The molecule has 7 atom stereocenters. The van der Waals surface area contributed by atoms with Gasteiger partial charge in [0.05, 0.1) is 25.4 Å². The summed E-state index contributed by atoms with van der Waals surface area (Å²) in [4.78, 5) is 13.1. The predicted octanol–water partition coefficient (Wildman–Crippen LogP) is 17.7. The molecule has 80 heavy (non-hydrogen) atoms. The third kappa shape index (κ3) is 47.4. The van der Waals surface area contributed by atoms with Crippen molar-refractivity contribution in [3.8, 4) is 0 Å². The summed E-state index contributed by atoms with van der Waals surface area (Å²) in [7, 11) is 0. The van der Waals surface area contributed by atoms with E-state index < -0.39 is 49.5 Å². The summed E-state index contributed by atoms with van der Waals surface area (Å²) < 4.78 is 11.3. The molecule has 0 saturated carbocycles. The molecular formula is C71H123NO8. The lowest BCUT2D eigenvalue weighted by Crippen LogP contribution is -2.60. The molecule has 6 N–H and O–H groups in total. The second-order valence-corrected chi connectivity index (χ2v) is 22.5. The third-order valence-corrected chi connectivity index (χ3v) is 15.1. The fraction of sp³-hybridized carbons (Fsp3) is 0.732. The Morgan fingerprint density at radius 2 is 0.775 bits per heavy atom. The maximum absolute atomic E-state index is 13.1. The van der Waals surface area contributed by atoms with Crippen LogP contribution in [0.4, 0.5) is 0 Å². The number of aliphatic hydroxyl groups excluding tert-OH is 5. The summed E-state index contributed by atoms with van der Waals surface area (Å²) in [6.45, 7) is 3.66. The number of unbranched alkanes of at least 4 members (excludes halogenated alkanes) is 30. The van der Waals surface area contributed by atoms with Gasteiger partial charge in [0, 0.05) is 6.42 Å². The van der Waals surface area contributed by atoms with Gasteiger partial charge in [0.2, 0.25) is 5.91 Å². The van der Waals surface area contributed by atoms with Crippen LogP contribution in [0.2, 0.25) is 0 Å². The van der Waals surface area contributed by atoms with E-state index in [4.69, 9.17) is 9.47 Å². The third-order valence-electron chi connectivity index (χ3n) is 15.1. The first-order chi connectivity index (χ1) is 39.3. The van der Waals surface area contributed by atoms with E-state index >= 15 is 0 Å². The van der Waals surface area contributed by atoms with Crippen molar-refractivity contribution in [2.45, 2.75) is 320 Å². The summed E-state index contributed by atoms with van der Waals surface area (Å²) in [6.07, 6.45) is 80.4. The Morgan fingerprint density at radius 3 is 1.15 bits per heavy atom. The maximum atomic E-state index is 13.1. The zero-order valence-electron chi connectivity index (χ0n) is 51.3. The molecule has 1 saturated heterocycles. The molecule has 1 aliphatic heterocycles. The van der Waals surface area contributed by atoms with Gasteiger partial charge in [-0.3, -0.25) is 4.79 Å². The first-order valence-corrected chi connectivity index (χ1v) is 33.1. The summed E-state index contributed by atoms with van der Waals surface area (Å²) >= 11 is 0. The number of nitrogens with one attached hydrogen (secondary N) is 1. The molecule has 0 spiro atoms. The van der Waals surface area contributed by atoms with Gasteiger partial charge >= 0.3 is 0 Å². The molecule has 0 bridgehead atoms. The average Bonchev–Trinajstić information content (AvgIpc) is 3.46. The van der Waals surface area contributed by atoms with Gasteiger partial charge in [0.1, 0.15) is 24.4 Å². The second-order valence-electron chi connectivity index (χ2n) is 22.5. The molecule has 0 aromatic heterocycles. The first-order valence-electron chi connectivity index (χ1n) is 33.1. The van der Waals surface area contributed by atoms with Crippen LogP contribution in [0.15, 0.2) is 109 Å². The van der Waals surface area contributed by atoms with Crippen LogP contribution in [0.3, 0.4) is 0 Å². The molecule has 0 radical (unpaired) electrons. The fourth-order valence-electron chi connectivity index (χ4n) is 9.94. The Morgan fingerprint density at radius 1 is 0.438 bits per heavy atom. The molecule has 0 aliphatic carbocycles. The molecule has 0 aromatic carbocycles. The quantitative estimate of drug-likeness (QED) is 0.0261. The Balaban J connectivity index is 2.22. The Labute approximate surface area is 491 Å². The minimum absolute atomic E-state index is 0.212. The fourth-order valence-corrected chi connectivity index (χ4v) is 9.94. The lowest BCUT2D eigenvalue weighted by molar-refractivity contribution is -0.302. The van der Waals surface area contributed by atoms with Gasteiger partial charge in [-0.15, -0.1) is 0 Å². The van der Waals surface area contributed by atoms with E-state index in [2.05, 4.69) is 116 Å². The SMILES string of the molecule is CC/C=C\C/C=C\C/C=C\C/C=C\C/C=C\C/C=C\C/C=C\C/C=C\CCCCC(=O)NC(COC1OC(CO)C(O)C(O)C1O)C(O)/C=C/CCCCCCCCCCCCCCCCCCCCCCCCCCCCCC. The van der Waals surface area contributed by atoms with E-state index in [1.807, 2.05) is 6.08 Å². The molecule has 1 amide bonds. The van der Waals surface area contributed by atoms with Gasteiger partial charge in [0.15, 0.2) is 6.29 Å². The van der Waals surface area contributed by atoms with Crippen molar-refractivity contribution in [2.24, 2.45) is 0 Å². The van der Waals surface area contributed by atoms with E-state index in [9.17, 15) is 30.3 Å². The van der Waals surface area contributed by atoms with Gasteiger partial charge in [-0.05, 0) is 83.5 Å². The minimum atomic E-state index is -1.58. The highest BCUT2D eigenvalue weighted by Gasteiger charge is 2.44. The number of hydrogen-bond donors (Lipinski definition) is 6. The van der Waals surface area contributed by atoms with Crippen molar-refractivity contribution in [3.63, 3.8) is 0 Å². The minimum Gasteiger partial charge on any atom is -0.394 e. The van der Waals surface area contributed by atoms with Crippen molar-refractivity contribution in [3.05, 3.63) is 109 Å². The van der Waals surface area contributed by atoms with Gasteiger partial charge in [-0.1, -0.05) is 297 Å². The van der Waals surface area contributed by atoms with Crippen LogP contribution in [0.1, 0.15) is 277 Å². The average molecular weight is 1120 g/mol. The topological polar surface area (TPSA) is 149 Å². The van der Waals surface area contributed by atoms with Crippen LogP contribution >= 0.6 is 0 Å². The highest BCUT2D eigenvalue weighted by atomic mass is 16.7. The molecule has 1 fully saturated rings. The Bertz CT molecular complexity index is 1630. The lowest BCUT2D eigenvalue weighted by Gasteiger charge is -2.40. The lowest BCUT2D eigenvalue weighted by atomic mass is 9.99. The first kappa shape index (κ1) is 74.9. The molecule has 460 valence electrons. The van der Waals surface area contributed by atoms with Crippen LogP contribution in [0.5, 0.6) is 0 Å². The van der Waals surface area contributed by atoms with Gasteiger partial charge in [-0.25, -0.2) is 0 Å². The number of amides is 1. The highest BCUT2D eigenvalue weighted by molar-refractivity contribution is 5.76. The van der Waals surface area contributed by atoms with E-state index in [1.54, 1.807) is 6.08 Å². The molecule has 9 nitrogen and oxygen atoms in total. The summed E-state index contributed by atoms with van der Waals surface area (Å²) in [5.41, 5.74) is 0. The van der Waals surface area contributed by atoms with Gasteiger partial charge in [-0.2, -0.15) is 0 Å². The van der Waals surface area contributed by atoms with E-state index in [0.717, 1.165) is 83.5 Å². The van der Waals surface area contributed by atoms with Crippen LogP contribution in [-0.4, -0.2) is 87.5 Å². The van der Waals surface area contributed by atoms with Crippen molar-refractivity contribution >= 4 is 5.91 Å². The number of allylic oxidation sites excluding steroid dienone is 17. The monoisotopic (exact) mass is 1120 g/mol. The standard InChI is InChI=1S/C71H123NO8/c1-3-5-7-9-11-13-15-17-19-21-23-25-27-29-31-32-33-35-36-38-40-42-44-46-48-50-52-54-56-58-60-65(74)64(63-79-71-70(78)69(77)68(76)66(62-73)80-71)72-67(75)61-59-57-55-53-51-49-47-45-43-41-39-37-34-30-28-26-24-22-20-18-16-14-12-10-8-6-4-2/h6,8,12,14,18,20,24,26,30,34,39,41,45,47,51,53,58,60,64-66,68-71,73-74,76-78H,3-5,7,9-11,13,15-17,19,21-23,25,27-29,31-33,35-38,40,42-44,46,48-50,52,54-57,59,61-63H2,1-2H3,(H,72,75)/b8-6-,14-12-,20-18-,26-24-,34-30-,41-39-,47-45-,53-51-,60-58+. The van der Waals surface area contributed by atoms with Crippen molar-refractivity contribution in [2.75, 3.05) is 13.2 Å². The number of rotatable bonds is 56. The number of ether oxygens (including phenoxy) is 2. The van der Waals surface area contributed by atoms with Gasteiger partial charge < -0.3 is 40.3 Å². The number of hydrogen-bond acceptors (Lipinski definition) is 8. The maximum Gasteiger partial charge on any atom is 0.220 e. The van der Waals surface area contributed by atoms with Crippen molar-refractivity contribution < 1.29 is 39.8 Å². The Hall–Kier alpha value is -3.15. The number of aliphatic hydroxyl groups is 5. The van der Waals surface area contributed by atoms with Crippen LogP contribution in [0.25, 0.3) is 0 Å².